The number of benzene rings is 1. The molecule has 3 amide bonds. The molecule has 2 N–H and O–H groups in total. The molecule has 2 heterocycles. The normalized spacial score (nSPS) is 15.3. The Morgan fingerprint density at radius 2 is 2.17 bits per heavy atom. The fourth-order valence-electron chi connectivity index (χ4n) is 2.61. The Kier molecular flexibility index (Phi) is 7.63. The van der Waals surface area contributed by atoms with Gasteiger partial charge in [-0.05, 0) is 30.3 Å². The summed E-state index contributed by atoms with van der Waals surface area (Å²) in [5, 5.41) is 9.57. The van der Waals surface area contributed by atoms with Gasteiger partial charge in [-0.1, -0.05) is 36.9 Å². The van der Waals surface area contributed by atoms with Gasteiger partial charge in [-0.25, -0.2) is 9.37 Å². The topological polar surface area (TPSA) is 108 Å². The van der Waals surface area contributed by atoms with E-state index in [1.54, 1.807) is 12.1 Å². The van der Waals surface area contributed by atoms with Crippen LogP contribution in [0.25, 0.3) is 6.08 Å². The molecule has 3 rings (SSSR count). The Labute approximate surface area is 181 Å². The Balaban J connectivity index is 1.46. The summed E-state index contributed by atoms with van der Waals surface area (Å²) in [6.07, 6.45) is 3.10. The van der Waals surface area contributed by atoms with Gasteiger partial charge in [0.05, 0.1) is 10.7 Å². The molecule has 0 aliphatic carbocycles. The first kappa shape index (κ1) is 22.0. The lowest BCUT2D eigenvalue weighted by Crippen LogP contribution is -2.37. The van der Waals surface area contributed by atoms with Crippen molar-refractivity contribution < 1.29 is 18.8 Å². The molecular weight excluding hydrogens is 429 g/mol. The zero-order valence-corrected chi connectivity index (χ0v) is 17.8. The predicted octanol–water partition coefficient (Wildman–Crippen LogP) is 2.84. The number of carbonyl (C=O) groups excluding carboxylic acids is 3. The smallest absolute Gasteiger partial charge is 0.293 e. The number of thioether (sulfide) groups is 2. The van der Waals surface area contributed by atoms with Gasteiger partial charge in [-0.2, -0.15) is 0 Å². The average Bonchev–Trinajstić information content (AvgIpc) is 3.28. The summed E-state index contributed by atoms with van der Waals surface area (Å²) in [4.78, 5) is 42.0. The number of hydrogen-bond donors (Lipinski definition) is 2. The average molecular weight is 450 g/mol. The number of H-pyrrole nitrogens is 1. The van der Waals surface area contributed by atoms with Crippen LogP contribution in [-0.4, -0.2) is 56.0 Å². The van der Waals surface area contributed by atoms with E-state index in [-0.39, 0.29) is 35.2 Å². The Morgan fingerprint density at radius 1 is 1.37 bits per heavy atom. The highest BCUT2D eigenvalue weighted by atomic mass is 32.2. The molecule has 0 unspecified atom stereocenters. The number of halogens is 1. The Morgan fingerprint density at radius 3 is 2.93 bits per heavy atom. The van der Waals surface area contributed by atoms with Gasteiger partial charge < -0.3 is 5.32 Å². The molecule has 1 saturated heterocycles. The first-order valence-corrected chi connectivity index (χ1v) is 11.1. The highest BCUT2D eigenvalue weighted by molar-refractivity contribution is 8.18. The van der Waals surface area contributed by atoms with Gasteiger partial charge >= 0.3 is 0 Å². The summed E-state index contributed by atoms with van der Waals surface area (Å²) in [6, 6.07) is 6.01. The summed E-state index contributed by atoms with van der Waals surface area (Å²) >= 11 is 1.95. The largest absolute Gasteiger partial charge is 0.354 e. The number of amides is 3. The molecule has 1 aliphatic rings. The number of nitrogens with zero attached hydrogens (tertiary/aromatic N) is 3. The molecule has 0 saturated carbocycles. The number of aromatic nitrogens is 3. The van der Waals surface area contributed by atoms with Crippen LogP contribution in [0.15, 0.2) is 34.3 Å². The number of rotatable bonds is 9. The van der Waals surface area contributed by atoms with Crippen molar-refractivity contribution in [2.75, 3.05) is 18.8 Å². The maximum atomic E-state index is 13.8. The van der Waals surface area contributed by atoms with Crippen molar-refractivity contribution >= 4 is 46.7 Å². The first-order chi connectivity index (χ1) is 14.5. The van der Waals surface area contributed by atoms with Crippen molar-refractivity contribution in [3.05, 3.63) is 46.4 Å². The molecule has 2 aromatic rings. The molecule has 11 heteroatoms. The van der Waals surface area contributed by atoms with Gasteiger partial charge in [0, 0.05) is 25.1 Å². The first-order valence-electron chi connectivity index (χ1n) is 9.28. The van der Waals surface area contributed by atoms with Crippen LogP contribution >= 0.6 is 23.5 Å². The number of imide groups is 1. The molecule has 0 atom stereocenters. The standard InChI is InChI=1S/C19H20FN5O3S2/c1-2-5-15-22-18(24-23-15)29-11-16(26)21-8-9-25-17(27)14(30-19(25)28)10-12-6-3-4-7-13(12)20/h3-4,6-7,10H,2,5,8-9,11H2,1H3,(H,21,26)(H,22,23,24). The minimum absolute atomic E-state index is 0.0387. The Hall–Kier alpha value is -2.66. The molecule has 8 nitrogen and oxygen atoms in total. The van der Waals surface area contributed by atoms with Crippen LogP contribution in [-0.2, 0) is 16.0 Å². The van der Waals surface area contributed by atoms with Crippen LogP contribution in [0.5, 0.6) is 0 Å². The molecular formula is C19H20FN5O3S2. The van der Waals surface area contributed by atoms with E-state index < -0.39 is 17.0 Å². The second-order valence-corrected chi connectivity index (χ2v) is 8.24. The molecule has 30 heavy (non-hydrogen) atoms. The molecule has 1 aromatic carbocycles. The molecule has 0 spiro atoms. The maximum Gasteiger partial charge on any atom is 0.293 e. The Bertz CT molecular complexity index is 979. The lowest BCUT2D eigenvalue weighted by atomic mass is 10.2. The van der Waals surface area contributed by atoms with E-state index in [0.717, 1.165) is 35.3 Å². The quantitative estimate of drug-likeness (QED) is 0.448. The third-order valence-electron chi connectivity index (χ3n) is 4.05. The number of hydrogen-bond acceptors (Lipinski definition) is 7. The van der Waals surface area contributed by atoms with Crippen molar-refractivity contribution in [1.82, 2.24) is 25.4 Å². The van der Waals surface area contributed by atoms with Crippen LogP contribution in [0.1, 0.15) is 24.7 Å². The van der Waals surface area contributed by atoms with E-state index >= 15 is 0 Å². The van der Waals surface area contributed by atoms with Gasteiger partial charge in [0.1, 0.15) is 11.6 Å². The van der Waals surface area contributed by atoms with E-state index in [2.05, 4.69) is 20.5 Å². The monoisotopic (exact) mass is 449 g/mol. The van der Waals surface area contributed by atoms with Gasteiger partial charge in [0.15, 0.2) is 0 Å². The number of aryl methyl sites for hydroxylation is 1. The SMILES string of the molecule is CCCc1nc(SCC(=O)NCCN2C(=O)SC(=Cc3ccccc3F)C2=O)n[nH]1. The lowest BCUT2D eigenvalue weighted by molar-refractivity contribution is -0.123. The van der Waals surface area contributed by atoms with Gasteiger partial charge in [-0.15, -0.1) is 5.10 Å². The summed E-state index contributed by atoms with van der Waals surface area (Å²) in [7, 11) is 0. The van der Waals surface area contributed by atoms with Crippen molar-refractivity contribution in [1.29, 1.82) is 0 Å². The van der Waals surface area contributed by atoms with E-state index in [4.69, 9.17) is 0 Å². The van der Waals surface area contributed by atoms with E-state index in [9.17, 15) is 18.8 Å². The van der Waals surface area contributed by atoms with Crippen LogP contribution in [0, 0.1) is 5.82 Å². The molecule has 1 aromatic heterocycles. The third kappa shape index (κ3) is 5.70. The van der Waals surface area contributed by atoms with Crippen LogP contribution in [0.2, 0.25) is 0 Å². The van der Waals surface area contributed by atoms with Crippen LogP contribution in [0.4, 0.5) is 9.18 Å². The molecule has 1 aliphatic heterocycles. The third-order valence-corrected chi connectivity index (χ3v) is 5.81. The molecule has 0 radical (unpaired) electrons. The van der Waals surface area contributed by atoms with Crippen LogP contribution < -0.4 is 5.32 Å². The number of nitrogens with one attached hydrogen (secondary N) is 2. The molecule has 0 bridgehead atoms. The zero-order chi connectivity index (χ0) is 21.5. The minimum Gasteiger partial charge on any atom is -0.354 e. The van der Waals surface area contributed by atoms with Crippen molar-refractivity contribution in [2.24, 2.45) is 0 Å². The van der Waals surface area contributed by atoms with Gasteiger partial charge in [0.25, 0.3) is 11.1 Å². The van der Waals surface area contributed by atoms with Crippen molar-refractivity contribution in [3.63, 3.8) is 0 Å². The second-order valence-electron chi connectivity index (χ2n) is 6.31. The number of aromatic amines is 1. The summed E-state index contributed by atoms with van der Waals surface area (Å²) in [5.41, 5.74) is 0.238. The van der Waals surface area contributed by atoms with E-state index in [0.29, 0.717) is 5.16 Å². The number of carbonyl (C=O) groups is 3. The highest BCUT2D eigenvalue weighted by Crippen LogP contribution is 2.32. The minimum atomic E-state index is -0.499. The van der Waals surface area contributed by atoms with Gasteiger partial charge in [-0.3, -0.25) is 24.4 Å². The van der Waals surface area contributed by atoms with Crippen molar-refractivity contribution in [3.8, 4) is 0 Å². The predicted molar refractivity (Wildman–Crippen MR) is 113 cm³/mol. The zero-order valence-electron chi connectivity index (χ0n) is 16.2. The summed E-state index contributed by atoms with van der Waals surface area (Å²) in [5.74, 6) is -0.319. The molecule has 158 valence electrons. The highest BCUT2D eigenvalue weighted by Gasteiger charge is 2.34. The van der Waals surface area contributed by atoms with E-state index in [1.807, 2.05) is 6.92 Å². The van der Waals surface area contributed by atoms with E-state index in [1.165, 1.54) is 30.0 Å². The summed E-state index contributed by atoms with van der Waals surface area (Å²) in [6.45, 7) is 2.20. The fourth-order valence-corrected chi connectivity index (χ4v) is 4.11. The fraction of sp³-hybridized carbons (Fsp3) is 0.316. The van der Waals surface area contributed by atoms with Gasteiger partial charge in [0.2, 0.25) is 11.1 Å². The summed E-state index contributed by atoms with van der Waals surface area (Å²) < 4.78 is 13.8. The van der Waals surface area contributed by atoms with Crippen LogP contribution in [0.3, 0.4) is 0 Å². The lowest BCUT2D eigenvalue weighted by Gasteiger charge is -2.12. The maximum absolute atomic E-state index is 13.8. The molecule has 1 fully saturated rings. The van der Waals surface area contributed by atoms with Crippen molar-refractivity contribution in [2.45, 2.75) is 24.9 Å². The second kappa shape index (κ2) is 10.4.